The first-order valence-electron chi connectivity index (χ1n) is 8.86. The van der Waals surface area contributed by atoms with Crippen LogP contribution in [0.3, 0.4) is 0 Å². The zero-order valence-corrected chi connectivity index (χ0v) is 15.0. The van der Waals surface area contributed by atoms with Crippen molar-refractivity contribution in [1.29, 1.82) is 0 Å². The Morgan fingerprint density at radius 2 is 1.96 bits per heavy atom. The Balaban J connectivity index is 1.63. The minimum absolute atomic E-state index is 0.305. The number of aromatic nitrogens is 3. The van der Waals surface area contributed by atoms with Gasteiger partial charge in [0.2, 0.25) is 0 Å². The van der Waals surface area contributed by atoms with Gasteiger partial charge in [-0.25, -0.2) is 9.97 Å². The van der Waals surface area contributed by atoms with Crippen LogP contribution in [-0.2, 0) is 18.4 Å². The van der Waals surface area contributed by atoms with Gasteiger partial charge in [-0.15, -0.1) is 0 Å². The number of hydrogen-bond donors (Lipinski definition) is 2. The van der Waals surface area contributed by atoms with E-state index in [1.807, 2.05) is 31.2 Å². The van der Waals surface area contributed by atoms with Crippen LogP contribution in [0.4, 0.5) is 5.82 Å². The van der Waals surface area contributed by atoms with Crippen LogP contribution in [0.25, 0.3) is 11.4 Å². The molecule has 3 heterocycles. The Labute approximate surface area is 152 Å². The quantitative estimate of drug-likeness (QED) is 0.735. The molecule has 4 rings (SSSR count). The van der Waals surface area contributed by atoms with Gasteiger partial charge in [-0.1, -0.05) is 0 Å². The number of aryl methyl sites for hydroxylation is 2. The highest BCUT2D eigenvalue weighted by Gasteiger charge is 2.28. The fraction of sp³-hybridized carbons (Fsp3) is 0.350. The lowest BCUT2D eigenvalue weighted by molar-refractivity contribution is 0.0467. The number of rotatable bonds is 5. The number of nitrogens with one attached hydrogen (secondary N) is 1. The molecule has 1 aliphatic rings. The Bertz CT molecular complexity index is 919. The van der Waals surface area contributed by atoms with Crippen molar-refractivity contribution in [2.75, 3.05) is 11.9 Å². The molecule has 0 saturated carbocycles. The fourth-order valence-corrected chi connectivity index (χ4v) is 3.28. The van der Waals surface area contributed by atoms with E-state index in [0.717, 1.165) is 47.7 Å². The van der Waals surface area contributed by atoms with Crippen molar-refractivity contribution in [2.45, 2.75) is 38.7 Å². The molecule has 2 N–H and O–H groups in total. The Hall–Kier alpha value is -2.73. The molecule has 0 aliphatic heterocycles. The molecular formula is C20H22N4O2. The van der Waals surface area contributed by atoms with E-state index in [4.69, 9.17) is 14.4 Å². The highest BCUT2D eigenvalue weighted by atomic mass is 16.4. The number of nitrogens with zero attached hydrogens (tertiary/aromatic N) is 3. The van der Waals surface area contributed by atoms with Gasteiger partial charge in [0.05, 0.1) is 6.54 Å². The van der Waals surface area contributed by atoms with Gasteiger partial charge in [0.25, 0.3) is 0 Å². The molecule has 1 aliphatic carbocycles. The third-order valence-electron chi connectivity index (χ3n) is 4.74. The summed E-state index contributed by atoms with van der Waals surface area (Å²) in [6, 6.07) is 7.47. The summed E-state index contributed by atoms with van der Waals surface area (Å²) in [5.41, 5.74) is 2.05. The molecule has 6 nitrogen and oxygen atoms in total. The first-order valence-corrected chi connectivity index (χ1v) is 8.86. The van der Waals surface area contributed by atoms with Crippen LogP contribution in [0.1, 0.15) is 36.1 Å². The van der Waals surface area contributed by atoms with Crippen LogP contribution in [0, 0.1) is 6.92 Å². The Morgan fingerprint density at radius 3 is 2.69 bits per heavy atom. The van der Waals surface area contributed by atoms with Crippen LogP contribution in [-0.4, -0.2) is 26.6 Å². The molecule has 0 bridgehead atoms. The number of hydrogen-bond acceptors (Lipinski definition) is 6. The standard InChI is InChI=1S/C20H22N4O2/c1-13-6-7-17(26-13)20(2,25)12-22-19-15-4-3-5-16(15)23-18(24-19)14-8-10-21-11-9-14/h6-11,25H,3-5,12H2,1-2H3,(H,22,23,24). The molecule has 1 unspecified atom stereocenters. The maximum absolute atomic E-state index is 10.8. The lowest BCUT2D eigenvalue weighted by Crippen LogP contribution is -2.31. The number of fused-ring (bicyclic) bond motifs is 1. The molecule has 0 radical (unpaired) electrons. The van der Waals surface area contributed by atoms with Crippen LogP contribution in [0.5, 0.6) is 0 Å². The second-order valence-electron chi connectivity index (χ2n) is 6.95. The fourth-order valence-electron chi connectivity index (χ4n) is 3.28. The molecule has 3 aromatic rings. The largest absolute Gasteiger partial charge is 0.463 e. The summed E-state index contributed by atoms with van der Waals surface area (Å²) in [5, 5.41) is 14.1. The lowest BCUT2D eigenvalue weighted by Gasteiger charge is -2.22. The number of furan rings is 1. The molecule has 0 fully saturated rings. The monoisotopic (exact) mass is 350 g/mol. The van der Waals surface area contributed by atoms with E-state index in [0.29, 0.717) is 18.1 Å². The maximum atomic E-state index is 10.8. The number of aliphatic hydroxyl groups is 1. The Kier molecular flexibility index (Phi) is 4.20. The van der Waals surface area contributed by atoms with Crippen molar-refractivity contribution in [3.8, 4) is 11.4 Å². The van der Waals surface area contributed by atoms with Gasteiger partial charge in [0, 0.05) is 29.2 Å². The first kappa shape index (κ1) is 16.7. The van der Waals surface area contributed by atoms with Crippen molar-refractivity contribution in [3.63, 3.8) is 0 Å². The second kappa shape index (κ2) is 6.53. The van der Waals surface area contributed by atoms with E-state index >= 15 is 0 Å². The molecule has 0 saturated heterocycles. The van der Waals surface area contributed by atoms with E-state index < -0.39 is 5.60 Å². The van der Waals surface area contributed by atoms with E-state index in [-0.39, 0.29) is 0 Å². The zero-order chi connectivity index (χ0) is 18.1. The number of pyridine rings is 1. The predicted molar refractivity (Wildman–Crippen MR) is 98.8 cm³/mol. The van der Waals surface area contributed by atoms with E-state index in [1.165, 1.54) is 0 Å². The van der Waals surface area contributed by atoms with Crippen LogP contribution >= 0.6 is 0 Å². The summed E-state index contributed by atoms with van der Waals surface area (Å²) in [6.07, 6.45) is 6.47. The molecular weight excluding hydrogens is 328 g/mol. The molecule has 0 amide bonds. The van der Waals surface area contributed by atoms with Crippen molar-refractivity contribution in [1.82, 2.24) is 15.0 Å². The SMILES string of the molecule is Cc1ccc(C(C)(O)CNc2nc(-c3ccncc3)nc3c2CCC3)o1. The highest BCUT2D eigenvalue weighted by molar-refractivity contribution is 5.60. The van der Waals surface area contributed by atoms with Gasteiger partial charge in [-0.05, 0) is 57.4 Å². The average molecular weight is 350 g/mol. The zero-order valence-electron chi connectivity index (χ0n) is 15.0. The molecule has 1 atom stereocenters. The Morgan fingerprint density at radius 1 is 1.15 bits per heavy atom. The molecule has 0 aromatic carbocycles. The van der Waals surface area contributed by atoms with Gasteiger partial charge in [-0.2, -0.15) is 0 Å². The average Bonchev–Trinajstić information content (AvgIpc) is 3.29. The minimum atomic E-state index is -1.12. The van der Waals surface area contributed by atoms with Crippen molar-refractivity contribution >= 4 is 5.82 Å². The topological polar surface area (TPSA) is 84.1 Å². The van der Waals surface area contributed by atoms with E-state index in [1.54, 1.807) is 19.3 Å². The summed E-state index contributed by atoms with van der Waals surface area (Å²) in [6.45, 7) is 3.91. The van der Waals surface area contributed by atoms with Gasteiger partial charge >= 0.3 is 0 Å². The highest BCUT2D eigenvalue weighted by Crippen LogP contribution is 2.30. The van der Waals surface area contributed by atoms with Crippen LogP contribution in [0.2, 0.25) is 0 Å². The van der Waals surface area contributed by atoms with Gasteiger partial charge in [0.15, 0.2) is 5.82 Å². The normalized spacial score (nSPS) is 15.5. The summed E-state index contributed by atoms with van der Waals surface area (Å²) >= 11 is 0. The van der Waals surface area contributed by atoms with Crippen molar-refractivity contribution < 1.29 is 9.52 Å². The van der Waals surface area contributed by atoms with Crippen molar-refractivity contribution in [3.05, 3.63) is 59.4 Å². The minimum Gasteiger partial charge on any atom is -0.463 e. The first-order chi connectivity index (χ1) is 12.5. The summed E-state index contributed by atoms with van der Waals surface area (Å²) in [4.78, 5) is 13.5. The summed E-state index contributed by atoms with van der Waals surface area (Å²) < 4.78 is 5.59. The molecule has 134 valence electrons. The third-order valence-corrected chi connectivity index (χ3v) is 4.74. The van der Waals surface area contributed by atoms with Crippen LogP contribution in [0.15, 0.2) is 41.1 Å². The molecule has 6 heteroatoms. The lowest BCUT2D eigenvalue weighted by atomic mass is 10.0. The van der Waals surface area contributed by atoms with Gasteiger partial charge < -0.3 is 14.8 Å². The second-order valence-corrected chi connectivity index (χ2v) is 6.95. The smallest absolute Gasteiger partial charge is 0.161 e. The predicted octanol–water partition coefficient (Wildman–Crippen LogP) is 3.25. The number of anilines is 1. The maximum Gasteiger partial charge on any atom is 0.161 e. The van der Waals surface area contributed by atoms with Gasteiger partial charge in [-0.3, -0.25) is 4.98 Å². The van der Waals surface area contributed by atoms with Crippen molar-refractivity contribution in [2.24, 2.45) is 0 Å². The van der Waals surface area contributed by atoms with E-state index in [9.17, 15) is 5.11 Å². The van der Waals surface area contributed by atoms with E-state index in [2.05, 4.69) is 10.3 Å². The summed E-state index contributed by atoms with van der Waals surface area (Å²) in [7, 11) is 0. The summed E-state index contributed by atoms with van der Waals surface area (Å²) in [5.74, 6) is 2.80. The third kappa shape index (κ3) is 3.20. The molecule has 0 spiro atoms. The molecule has 3 aromatic heterocycles. The van der Waals surface area contributed by atoms with Gasteiger partial charge in [0.1, 0.15) is 22.9 Å². The van der Waals surface area contributed by atoms with Crippen LogP contribution < -0.4 is 5.32 Å². The molecule has 26 heavy (non-hydrogen) atoms.